The molecule has 6 nitrogen and oxygen atoms in total. The standard InChI is InChI=1S/C15H28F3O6P/c1-6-21-14(19)13(15(16,17)18)24-25(20,22-9-7-11(2)3)23-10-8-12(4)5/h11-13H,6-10H2,1-5H3/t13-/m0/s1. The number of alkyl halides is 3. The zero-order chi connectivity index (χ0) is 19.7. The Labute approximate surface area is 147 Å². The Morgan fingerprint density at radius 1 is 1.00 bits per heavy atom. The van der Waals surface area contributed by atoms with Crippen molar-refractivity contribution in [3.63, 3.8) is 0 Å². The Bertz CT molecular complexity index is 421. The van der Waals surface area contributed by atoms with Crippen molar-refractivity contribution in [2.24, 2.45) is 11.8 Å². The van der Waals surface area contributed by atoms with Gasteiger partial charge in [-0.1, -0.05) is 27.7 Å². The highest BCUT2D eigenvalue weighted by molar-refractivity contribution is 7.48. The van der Waals surface area contributed by atoms with Gasteiger partial charge in [-0.3, -0.25) is 13.6 Å². The molecule has 0 saturated carbocycles. The van der Waals surface area contributed by atoms with Crippen LogP contribution in [0.1, 0.15) is 47.5 Å². The number of esters is 1. The summed E-state index contributed by atoms with van der Waals surface area (Å²) in [4.78, 5) is 11.5. The molecule has 0 aromatic heterocycles. The maximum absolute atomic E-state index is 13.1. The van der Waals surface area contributed by atoms with Crippen molar-refractivity contribution in [1.82, 2.24) is 0 Å². The summed E-state index contributed by atoms with van der Waals surface area (Å²) in [5, 5.41) is 0. The Balaban J connectivity index is 5.18. The van der Waals surface area contributed by atoms with Crippen molar-refractivity contribution in [2.45, 2.75) is 59.7 Å². The van der Waals surface area contributed by atoms with Crippen LogP contribution in [0.4, 0.5) is 13.2 Å². The molecular weight excluding hydrogens is 364 g/mol. The molecule has 0 spiro atoms. The number of carbonyl (C=O) groups excluding carboxylic acids is 1. The fourth-order valence-corrected chi connectivity index (χ4v) is 2.80. The molecule has 0 aromatic rings. The first-order valence-electron chi connectivity index (χ1n) is 8.22. The zero-order valence-corrected chi connectivity index (χ0v) is 16.2. The molecule has 0 bridgehead atoms. The predicted molar refractivity (Wildman–Crippen MR) is 86.0 cm³/mol. The third kappa shape index (κ3) is 10.8. The normalized spacial score (nSPS) is 14.2. The van der Waals surface area contributed by atoms with E-state index in [0.29, 0.717) is 12.8 Å². The van der Waals surface area contributed by atoms with E-state index < -0.39 is 26.1 Å². The summed E-state index contributed by atoms with van der Waals surface area (Å²) in [7, 11) is -4.58. The minimum absolute atomic E-state index is 0.121. The second-order valence-corrected chi connectivity index (χ2v) is 7.88. The van der Waals surface area contributed by atoms with E-state index in [4.69, 9.17) is 9.05 Å². The van der Waals surface area contributed by atoms with E-state index in [-0.39, 0.29) is 31.7 Å². The third-order valence-electron chi connectivity index (χ3n) is 2.92. The van der Waals surface area contributed by atoms with Gasteiger partial charge in [0.1, 0.15) is 0 Å². The number of hydrogen-bond acceptors (Lipinski definition) is 6. The zero-order valence-electron chi connectivity index (χ0n) is 15.3. The molecule has 0 aromatic carbocycles. The second kappa shape index (κ2) is 11.2. The van der Waals surface area contributed by atoms with Crippen LogP contribution in [0.25, 0.3) is 0 Å². The van der Waals surface area contributed by atoms with Gasteiger partial charge >= 0.3 is 20.0 Å². The van der Waals surface area contributed by atoms with E-state index in [1.54, 1.807) is 0 Å². The molecule has 25 heavy (non-hydrogen) atoms. The number of halogens is 3. The highest BCUT2D eigenvalue weighted by atomic mass is 31.2. The quantitative estimate of drug-likeness (QED) is 0.353. The molecule has 0 aliphatic carbocycles. The lowest BCUT2D eigenvalue weighted by Crippen LogP contribution is -2.40. The Morgan fingerprint density at radius 3 is 1.76 bits per heavy atom. The van der Waals surface area contributed by atoms with Crippen LogP contribution in [0.3, 0.4) is 0 Å². The van der Waals surface area contributed by atoms with E-state index in [9.17, 15) is 22.5 Å². The lowest BCUT2D eigenvalue weighted by Gasteiger charge is -2.24. The maximum Gasteiger partial charge on any atom is 0.475 e. The minimum Gasteiger partial charge on any atom is -0.464 e. The van der Waals surface area contributed by atoms with Gasteiger partial charge in [0.25, 0.3) is 6.10 Å². The number of carbonyl (C=O) groups is 1. The van der Waals surface area contributed by atoms with Crippen molar-refractivity contribution in [2.75, 3.05) is 19.8 Å². The molecule has 0 aliphatic rings. The molecular formula is C15H28F3O6P. The number of ether oxygens (including phenoxy) is 1. The third-order valence-corrected chi connectivity index (χ3v) is 4.39. The molecule has 0 saturated heterocycles. The average Bonchev–Trinajstić information content (AvgIpc) is 2.43. The SMILES string of the molecule is CCOC(=O)[C@H](OP(=O)(OCCC(C)C)OCCC(C)C)C(F)(F)F. The molecule has 0 fully saturated rings. The van der Waals surface area contributed by atoms with E-state index in [1.165, 1.54) is 6.92 Å². The summed E-state index contributed by atoms with van der Waals surface area (Å²) in [5.74, 6) is -1.34. The topological polar surface area (TPSA) is 71.1 Å². The summed E-state index contributed by atoms with van der Waals surface area (Å²) >= 11 is 0. The van der Waals surface area contributed by atoms with Gasteiger partial charge < -0.3 is 4.74 Å². The van der Waals surface area contributed by atoms with Crippen molar-refractivity contribution in [3.8, 4) is 0 Å². The first kappa shape index (κ1) is 24.4. The molecule has 0 radical (unpaired) electrons. The first-order valence-corrected chi connectivity index (χ1v) is 9.68. The molecule has 0 heterocycles. The molecule has 0 rings (SSSR count). The Kier molecular flexibility index (Phi) is 10.9. The van der Waals surface area contributed by atoms with Crippen LogP contribution < -0.4 is 0 Å². The molecule has 1 atom stereocenters. The highest BCUT2D eigenvalue weighted by Crippen LogP contribution is 2.53. The van der Waals surface area contributed by atoms with Crippen LogP contribution in [-0.2, 0) is 27.7 Å². The minimum atomic E-state index is -5.11. The lowest BCUT2D eigenvalue weighted by molar-refractivity contribution is -0.215. The van der Waals surface area contributed by atoms with Gasteiger partial charge in [-0.25, -0.2) is 9.36 Å². The van der Waals surface area contributed by atoms with Crippen LogP contribution in [0, 0.1) is 11.8 Å². The summed E-state index contributed by atoms with van der Waals surface area (Å²) in [6, 6.07) is 0. The van der Waals surface area contributed by atoms with E-state index in [0.717, 1.165) is 0 Å². The lowest BCUT2D eigenvalue weighted by atomic mass is 10.2. The van der Waals surface area contributed by atoms with Gasteiger partial charge in [0.05, 0.1) is 19.8 Å². The molecule has 0 amide bonds. The fraction of sp³-hybridized carbons (Fsp3) is 0.933. The van der Waals surface area contributed by atoms with Crippen molar-refractivity contribution in [1.29, 1.82) is 0 Å². The van der Waals surface area contributed by atoms with Gasteiger partial charge in [-0.2, -0.15) is 13.2 Å². The van der Waals surface area contributed by atoms with Crippen LogP contribution in [0.5, 0.6) is 0 Å². The van der Waals surface area contributed by atoms with E-state index in [1.807, 2.05) is 27.7 Å². The summed E-state index contributed by atoms with van der Waals surface area (Å²) < 4.78 is 70.6. The van der Waals surface area contributed by atoms with Gasteiger partial charge in [0, 0.05) is 0 Å². The van der Waals surface area contributed by atoms with Crippen LogP contribution in [0.2, 0.25) is 0 Å². The number of hydrogen-bond donors (Lipinski definition) is 0. The van der Waals surface area contributed by atoms with Crippen LogP contribution in [0.15, 0.2) is 0 Å². The van der Waals surface area contributed by atoms with E-state index in [2.05, 4.69) is 9.26 Å². The van der Waals surface area contributed by atoms with Gasteiger partial charge in [0.15, 0.2) is 0 Å². The molecule has 0 N–H and O–H groups in total. The number of phosphoric ester groups is 1. The molecule has 150 valence electrons. The van der Waals surface area contributed by atoms with E-state index >= 15 is 0 Å². The summed E-state index contributed by atoms with van der Waals surface area (Å²) in [6.07, 6.45) is -7.25. The first-order chi connectivity index (χ1) is 11.4. The Hall–Kier alpha value is -0.630. The number of phosphoric acid groups is 1. The predicted octanol–water partition coefficient (Wildman–Crippen LogP) is 4.73. The molecule has 10 heteroatoms. The monoisotopic (exact) mass is 392 g/mol. The van der Waals surface area contributed by atoms with Crippen LogP contribution >= 0.6 is 7.82 Å². The van der Waals surface area contributed by atoms with Crippen molar-refractivity contribution < 1.29 is 40.8 Å². The average molecular weight is 392 g/mol. The second-order valence-electron chi connectivity index (χ2n) is 6.26. The van der Waals surface area contributed by atoms with Gasteiger partial charge in [0.2, 0.25) is 0 Å². The maximum atomic E-state index is 13.1. The summed E-state index contributed by atoms with van der Waals surface area (Å²) in [6.45, 7) is 8.30. The van der Waals surface area contributed by atoms with Crippen LogP contribution in [-0.4, -0.2) is 38.1 Å². The smallest absolute Gasteiger partial charge is 0.464 e. The number of rotatable bonds is 12. The Morgan fingerprint density at radius 2 is 1.44 bits per heavy atom. The van der Waals surface area contributed by atoms with Crippen molar-refractivity contribution >= 4 is 13.8 Å². The largest absolute Gasteiger partial charge is 0.475 e. The van der Waals surface area contributed by atoms with Crippen molar-refractivity contribution in [3.05, 3.63) is 0 Å². The highest BCUT2D eigenvalue weighted by Gasteiger charge is 2.52. The van der Waals surface area contributed by atoms with Gasteiger partial charge in [-0.05, 0) is 31.6 Å². The molecule has 0 aliphatic heterocycles. The van der Waals surface area contributed by atoms with Gasteiger partial charge in [-0.15, -0.1) is 0 Å². The molecule has 0 unspecified atom stereocenters. The fourth-order valence-electron chi connectivity index (χ4n) is 1.48. The summed E-state index contributed by atoms with van der Waals surface area (Å²) in [5.41, 5.74) is 0.